The van der Waals surface area contributed by atoms with Crippen LogP contribution in [0.2, 0.25) is 0 Å². The molecule has 1 saturated heterocycles. The molecule has 0 aliphatic carbocycles. The zero-order valence-corrected chi connectivity index (χ0v) is 21.7. The molecule has 2 aromatic heterocycles. The van der Waals surface area contributed by atoms with E-state index in [1.807, 2.05) is 18.2 Å². The van der Waals surface area contributed by atoms with Gasteiger partial charge in [0.2, 0.25) is 0 Å². The molecule has 0 spiro atoms. The molecule has 0 radical (unpaired) electrons. The van der Waals surface area contributed by atoms with E-state index < -0.39 is 0 Å². The molecule has 2 N–H and O–H groups in total. The Hall–Kier alpha value is -2.11. The maximum atomic E-state index is 5.43. The second kappa shape index (κ2) is 13.6. The minimum atomic E-state index is 0. The molecule has 4 rings (SSSR count). The Labute approximate surface area is 212 Å². The number of hydrogen-bond donors (Lipinski definition) is 2. The van der Waals surface area contributed by atoms with Crippen LogP contribution in [0, 0.1) is 6.92 Å². The Morgan fingerprint density at radius 2 is 1.88 bits per heavy atom. The van der Waals surface area contributed by atoms with E-state index in [0.29, 0.717) is 0 Å². The molecule has 0 atom stereocenters. The summed E-state index contributed by atoms with van der Waals surface area (Å²) in [6, 6.07) is 12.2. The summed E-state index contributed by atoms with van der Waals surface area (Å²) in [4.78, 5) is 11.9. The van der Waals surface area contributed by atoms with Gasteiger partial charge in [0.1, 0.15) is 11.6 Å². The molecule has 3 aromatic rings. The normalized spacial score (nSPS) is 14.9. The number of morpholine rings is 1. The molecule has 0 bridgehead atoms. The fourth-order valence-electron chi connectivity index (χ4n) is 3.99. The Morgan fingerprint density at radius 3 is 2.70 bits per heavy atom. The average molecular weight is 566 g/mol. The van der Waals surface area contributed by atoms with Crippen LogP contribution < -0.4 is 10.6 Å². The lowest BCUT2D eigenvalue weighted by molar-refractivity contribution is 0.0389. The van der Waals surface area contributed by atoms with E-state index >= 15 is 0 Å². The van der Waals surface area contributed by atoms with Crippen molar-refractivity contribution in [1.82, 2.24) is 25.1 Å². The minimum Gasteiger partial charge on any atom is -0.469 e. The van der Waals surface area contributed by atoms with Crippen LogP contribution >= 0.6 is 24.0 Å². The Balaban J connectivity index is 0.00000306. The highest BCUT2D eigenvalue weighted by Crippen LogP contribution is 2.15. The topological polar surface area (TPSA) is 79.8 Å². The fourth-order valence-corrected chi connectivity index (χ4v) is 3.99. The van der Waals surface area contributed by atoms with Crippen LogP contribution in [-0.2, 0) is 17.7 Å². The van der Waals surface area contributed by atoms with E-state index in [0.717, 1.165) is 94.9 Å². The van der Waals surface area contributed by atoms with Gasteiger partial charge in [-0.25, -0.2) is 4.98 Å². The Bertz CT molecular complexity index is 982. The molecule has 33 heavy (non-hydrogen) atoms. The molecule has 9 heteroatoms. The van der Waals surface area contributed by atoms with Crippen molar-refractivity contribution in [3.05, 3.63) is 54.2 Å². The summed E-state index contributed by atoms with van der Waals surface area (Å²) < 4.78 is 13.1. The second-order valence-electron chi connectivity index (χ2n) is 8.02. The number of rotatable bonds is 10. The molecule has 1 aliphatic heterocycles. The lowest BCUT2D eigenvalue weighted by Gasteiger charge is -2.26. The summed E-state index contributed by atoms with van der Waals surface area (Å²) in [5.74, 6) is 2.89. The first-order valence-corrected chi connectivity index (χ1v) is 11.6. The number of imidazole rings is 1. The Morgan fingerprint density at radius 1 is 1.06 bits per heavy atom. The molecule has 0 saturated carbocycles. The second-order valence-corrected chi connectivity index (χ2v) is 8.02. The summed E-state index contributed by atoms with van der Waals surface area (Å²) >= 11 is 0. The lowest BCUT2D eigenvalue weighted by Crippen LogP contribution is -2.44. The van der Waals surface area contributed by atoms with Gasteiger partial charge in [0, 0.05) is 52.2 Å². The van der Waals surface area contributed by atoms with E-state index in [9.17, 15) is 0 Å². The molecule has 1 aliphatic rings. The maximum Gasteiger partial charge on any atom is 0.191 e. The van der Waals surface area contributed by atoms with Crippen molar-refractivity contribution in [1.29, 1.82) is 0 Å². The predicted molar refractivity (Wildman–Crippen MR) is 142 cm³/mol. The number of nitrogens with zero attached hydrogens (tertiary/aromatic N) is 4. The zero-order chi connectivity index (χ0) is 22.0. The SMILES string of the molecule is Cc1nc2ccccc2n1CCCN=C(NCCc1ccco1)NCCN1CCOCC1.I. The molecular weight excluding hydrogens is 531 g/mol. The van der Waals surface area contributed by atoms with Crippen molar-refractivity contribution in [3.63, 3.8) is 0 Å². The highest BCUT2D eigenvalue weighted by Gasteiger charge is 2.10. The summed E-state index contributed by atoms with van der Waals surface area (Å²) in [5, 5.41) is 6.94. The van der Waals surface area contributed by atoms with Crippen LogP contribution in [0.4, 0.5) is 0 Å². The van der Waals surface area contributed by atoms with E-state index in [1.165, 1.54) is 5.52 Å². The smallest absolute Gasteiger partial charge is 0.191 e. The largest absolute Gasteiger partial charge is 0.469 e. The van der Waals surface area contributed by atoms with Crippen LogP contribution in [0.25, 0.3) is 11.0 Å². The summed E-state index contributed by atoms with van der Waals surface area (Å²) in [6.45, 7) is 10.00. The first-order valence-electron chi connectivity index (χ1n) is 11.6. The molecule has 1 fully saturated rings. The summed E-state index contributed by atoms with van der Waals surface area (Å²) in [7, 11) is 0. The number of guanidine groups is 1. The molecule has 0 amide bonds. The van der Waals surface area contributed by atoms with E-state index in [2.05, 4.69) is 50.2 Å². The van der Waals surface area contributed by atoms with Gasteiger partial charge in [-0.3, -0.25) is 9.89 Å². The lowest BCUT2D eigenvalue weighted by atomic mass is 10.3. The van der Waals surface area contributed by atoms with Crippen molar-refractivity contribution in [2.75, 3.05) is 52.5 Å². The van der Waals surface area contributed by atoms with Gasteiger partial charge in [0.05, 0.1) is 30.5 Å². The van der Waals surface area contributed by atoms with E-state index in [1.54, 1.807) is 6.26 Å². The maximum absolute atomic E-state index is 5.43. The number of ether oxygens (including phenoxy) is 1. The third-order valence-electron chi connectivity index (χ3n) is 5.72. The first kappa shape index (κ1) is 25.5. The number of hydrogen-bond acceptors (Lipinski definition) is 5. The number of aromatic nitrogens is 2. The number of nitrogens with one attached hydrogen (secondary N) is 2. The highest BCUT2D eigenvalue weighted by atomic mass is 127. The molecule has 1 aromatic carbocycles. The van der Waals surface area contributed by atoms with Gasteiger partial charge in [-0.15, -0.1) is 24.0 Å². The Kier molecular flexibility index (Phi) is 10.5. The van der Waals surface area contributed by atoms with Gasteiger partial charge >= 0.3 is 0 Å². The number of halogens is 1. The van der Waals surface area contributed by atoms with Crippen LogP contribution in [0.15, 0.2) is 52.1 Å². The number of fused-ring (bicyclic) bond motifs is 1. The van der Waals surface area contributed by atoms with Gasteiger partial charge < -0.3 is 24.4 Å². The quantitative estimate of drug-likeness (QED) is 0.170. The molecule has 3 heterocycles. The van der Waals surface area contributed by atoms with Crippen molar-refractivity contribution in [2.45, 2.75) is 26.3 Å². The molecular formula is C24H35IN6O2. The monoisotopic (exact) mass is 566 g/mol. The van der Waals surface area contributed by atoms with Crippen LogP contribution in [0.1, 0.15) is 18.0 Å². The fraction of sp³-hybridized carbons (Fsp3) is 0.500. The van der Waals surface area contributed by atoms with Crippen LogP contribution in [0.3, 0.4) is 0 Å². The van der Waals surface area contributed by atoms with Gasteiger partial charge in [-0.05, 0) is 37.6 Å². The van der Waals surface area contributed by atoms with Gasteiger partial charge in [0.25, 0.3) is 0 Å². The standard InChI is InChI=1S/C24H34N6O2.HI/c1-20-28-22-7-2-3-8-23(22)30(20)13-5-10-25-24(26-11-9-21-6-4-17-32-21)27-12-14-29-15-18-31-19-16-29;/h2-4,6-8,17H,5,9-16,18-19H2,1H3,(H2,25,26,27);1H. The van der Waals surface area contributed by atoms with Crippen LogP contribution in [-0.4, -0.2) is 72.9 Å². The average Bonchev–Trinajstić information content (AvgIpc) is 3.44. The predicted octanol–water partition coefficient (Wildman–Crippen LogP) is 3.06. The van der Waals surface area contributed by atoms with Crippen molar-refractivity contribution in [2.24, 2.45) is 4.99 Å². The van der Waals surface area contributed by atoms with E-state index in [-0.39, 0.29) is 24.0 Å². The molecule has 0 unspecified atom stereocenters. The number of benzene rings is 1. The van der Waals surface area contributed by atoms with E-state index in [4.69, 9.17) is 14.1 Å². The van der Waals surface area contributed by atoms with Crippen molar-refractivity contribution in [3.8, 4) is 0 Å². The van der Waals surface area contributed by atoms with Crippen molar-refractivity contribution < 1.29 is 9.15 Å². The number of furan rings is 1. The summed E-state index contributed by atoms with van der Waals surface area (Å²) in [5.41, 5.74) is 2.24. The van der Waals surface area contributed by atoms with Gasteiger partial charge in [0.15, 0.2) is 5.96 Å². The number of aliphatic imine (C=N–C) groups is 1. The third kappa shape index (κ3) is 7.72. The van der Waals surface area contributed by atoms with Gasteiger partial charge in [-0.2, -0.15) is 0 Å². The van der Waals surface area contributed by atoms with Gasteiger partial charge in [-0.1, -0.05) is 12.1 Å². The van der Waals surface area contributed by atoms with Crippen molar-refractivity contribution >= 4 is 41.0 Å². The molecule has 180 valence electrons. The summed E-state index contributed by atoms with van der Waals surface area (Å²) in [6.07, 6.45) is 3.50. The highest BCUT2D eigenvalue weighted by molar-refractivity contribution is 14.0. The number of aryl methyl sites for hydroxylation is 2. The minimum absolute atomic E-state index is 0. The third-order valence-corrected chi connectivity index (χ3v) is 5.72. The first-order chi connectivity index (χ1) is 15.8. The zero-order valence-electron chi connectivity index (χ0n) is 19.3. The van der Waals surface area contributed by atoms with Crippen LogP contribution in [0.5, 0.6) is 0 Å². The number of para-hydroxylation sites is 2. The molecule has 8 nitrogen and oxygen atoms in total.